The predicted octanol–water partition coefficient (Wildman–Crippen LogP) is 3.68. The van der Waals surface area contributed by atoms with Crippen molar-refractivity contribution in [1.82, 2.24) is 9.88 Å². The maximum atomic E-state index is 11.9. The van der Waals surface area contributed by atoms with Gasteiger partial charge in [0.25, 0.3) is 0 Å². The average molecular weight is 463 g/mol. The number of pyridine rings is 1. The Morgan fingerprint density at radius 2 is 1.79 bits per heavy atom. The molecule has 1 atom stereocenters. The third-order valence-electron chi connectivity index (χ3n) is 7.03. The van der Waals surface area contributed by atoms with Crippen LogP contribution in [-0.2, 0) is 11.3 Å². The molecule has 0 bridgehead atoms. The van der Waals surface area contributed by atoms with Crippen LogP contribution in [0.5, 0.6) is 0 Å². The van der Waals surface area contributed by atoms with Crippen molar-refractivity contribution >= 4 is 22.3 Å². The van der Waals surface area contributed by atoms with Gasteiger partial charge in [-0.1, -0.05) is 6.07 Å². The minimum atomic E-state index is -0.848. The van der Waals surface area contributed by atoms with Gasteiger partial charge in [0.15, 0.2) is 6.23 Å². The second-order valence-corrected chi connectivity index (χ2v) is 9.55. The van der Waals surface area contributed by atoms with E-state index < -0.39 is 6.23 Å². The third kappa shape index (κ3) is 4.82. The Morgan fingerprint density at radius 1 is 1.03 bits per heavy atom. The summed E-state index contributed by atoms with van der Waals surface area (Å²) in [6, 6.07) is 12.1. The average Bonchev–Trinajstić information content (AvgIpc) is 3.35. The molecule has 7 nitrogen and oxygen atoms in total. The first-order valence-electron chi connectivity index (χ1n) is 12.2. The van der Waals surface area contributed by atoms with Crippen LogP contribution >= 0.6 is 0 Å². The lowest BCUT2D eigenvalue weighted by Gasteiger charge is -2.29. The van der Waals surface area contributed by atoms with Gasteiger partial charge in [0, 0.05) is 66.6 Å². The summed E-state index contributed by atoms with van der Waals surface area (Å²) in [7, 11) is 0. The van der Waals surface area contributed by atoms with Crippen LogP contribution < -0.4 is 15.8 Å². The Morgan fingerprint density at radius 3 is 2.56 bits per heavy atom. The van der Waals surface area contributed by atoms with Gasteiger partial charge in [-0.25, -0.2) is 0 Å². The summed E-state index contributed by atoms with van der Waals surface area (Å²) in [6.45, 7) is 10.2. The summed E-state index contributed by atoms with van der Waals surface area (Å²) >= 11 is 0. The molecule has 3 aromatic rings. The first-order chi connectivity index (χ1) is 16.5. The Balaban J connectivity index is 1.46. The van der Waals surface area contributed by atoms with E-state index in [1.165, 1.54) is 18.4 Å². The van der Waals surface area contributed by atoms with E-state index in [1.807, 2.05) is 26.0 Å². The van der Waals surface area contributed by atoms with Crippen LogP contribution in [0, 0.1) is 13.8 Å². The van der Waals surface area contributed by atoms with E-state index in [2.05, 4.69) is 38.3 Å². The van der Waals surface area contributed by atoms with Crippen LogP contribution in [-0.4, -0.2) is 54.4 Å². The highest BCUT2D eigenvalue weighted by Crippen LogP contribution is 2.33. The lowest BCUT2D eigenvalue weighted by molar-refractivity contribution is 0.0341. The highest BCUT2D eigenvalue weighted by atomic mass is 16.5. The van der Waals surface area contributed by atoms with E-state index >= 15 is 0 Å². The third-order valence-corrected chi connectivity index (χ3v) is 7.03. The molecule has 0 radical (unpaired) electrons. The zero-order valence-corrected chi connectivity index (χ0v) is 20.1. The molecule has 7 heteroatoms. The maximum Gasteiger partial charge on any atom is 0.248 e. The summed E-state index contributed by atoms with van der Waals surface area (Å²) in [5, 5.41) is 15.8. The van der Waals surface area contributed by atoms with Gasteiger partial charge >= 0.3 is 0 Å². The monoisotopic (exact) mass is 462 g/mol. The van der Waals surface area contributed by atoms with E-state index in [4.69, 9.17) is 4.74 Å². The van der Waals surface area contributed by atoms with Gasteiger partial charge in [-0.05, 0) is 67.6 Å². The zero-order chi connectivity index (χ0) is 23.7. The molecule has 0 aliphatic carbocycles. The molecule has 3 heterocycles. The van der Waals surface area contributed by atoms with Crippen LogP contribution in [0.1, 0.15) is 41.3 Å². The van der Waals surface area contributed by atoms with Gasteiger partial charge in [-0.3, -0.25) is 9.69 Å². The Bertz CT molecular complexity index is 1230. The zero-order valence-electron chi connectivity index (χ0n) is 20.1. The van der Waals surface area contributed by atoms with E-state index in [1.54, 1.807) is 6.07 Å². The summed E-state index contributed by atoms with van der Waals surface area (Å²) in [6.07, 6.45) is 1.51. The molecule has 2 aliphatic heterocycles. The number of hydrogen-bond donors (Lipinski definition) is 3. The topological polar surface area (TPSA) is 80.8 Å². The largest absolute Gasteiger partial charge is 0.379 e. The highest BCUT2D eigenvalue weighted by Gasteiger charge is 2.22. The molecular formula is C27H34N4O3. The second-order valence-electron chi connectivity index (χ2n) is 9.55. The minimum Gasteiger partial charge on any atom is -0.379 e. The van der Waals surface area contributed by atoms with Gasteiger partial charge in [0.05, 0.1) is 13.2 Å². The minimum absolute atomic E-state index is 0.0996. The van der Waals surface area contributed by atoms with Gasteiger partial charge in [0.2, 0.25) is 5.56 Å². The first-order valence-corrected chi connectivity index (χ1v) is 12.2. The normalized spacial score (nSPS) is 17.9. The number of ether oxygens (including phenoxy) is 1. The van der Waals surface area contributed by atoms with E-state index in [0.29, 0.717) is 0 Å². The Hall–Kier alpha value is -2.87. The molecule has 2 aliphatic rings. The number of fused-ring (bicyclic) bond motifs is 1. The predicted molar refractivity (Wildman–Crippen MR) is 137 cm³/mol. The van der Waals surface area contributed by atoms with E-state index in [9.17, 15) is 9.90 Å². The number of rotatable bonds is 6. The number of morpholine rings is 1. The number of aliphatic hydroxyl groups excluding tert-OH is 1. The summed E-state index contributed by atoms with van der Waals surface area (Å²) in [5.74, 6) is 0. The molecule has 2 aromatic carbocycles. The first kappa shape index (κ1) is 22.9. The molecule has 1 aromatic heterocycles. The fraction of sp³-hybridized carbons (Fsp3) is 0.444. The molecule has 0 saturated carbocycles. The number of nitrogens with one attached hydrogen (secondary N) is 2. The van der Waals surface area contributed by atoms with Crippen molar-refractivity contribution in [3.05, 3.63) is 69.0 Å². The number of anilines is 2. The standard InChI is InChI=1S/C27H34N4O3/c1-18-14-26(32)28-24-13-19(2)23(16-21(18)24)29-27(33)22-15-20(17-30-9-11-34-12-10-30)5-6-25(22)31-7-3-4-8-31/h5-6,13-16,27,29,33H,3-4,7-12,17H2,1-2H3,(H,28,32). The molecule has 5 rings (SSSR count). The number of H-pyrrole nitrogens is 1. The van der Waals surface area contributed by atoms with Gasteiger partial charge in [-0.15, -0.1) is 0 Å². The molecule has 180 valence electrons. The number of aromatic amines is 1. The van der Waals surface area contributed by atoms with E-state index in [-0.39, 0.29) is 5.56 Å². The molecule has 0 spiro atoms. The molecule has 2 saturated heterocycles. The van der Waals surface area contributed by atoms with Crippen LogP contribution in [0.4, 0.5) is 11.4 Å². The number of nitrogens with zero attached hydrogens (tertiary/aromatic N) is 2. The van der Waals surface area contributed by atoms with Crippen molar-refractivity contribution in [3.8, 4) is 0 Å². The van der Waals surface area contributed by atoms with Crippen LogP contribution in [0.2, 0.25) is 0 Å². The molecule has 2 fully saturated rings. The molecule has 34 heavy (non-hydrogen) atoms. The van der Waals surface area contributed by atoms with Crippen molar-refractivity contribution in [2.45, 2.75) is 39.5 Å². The smallest absolute Gasteiger partial charge is 0.248 e. The molecule has 3 N–H and O–H groups in total. The van der Waals surface area contributed by atoms with Gasteiger partial charge < -0.3 is 25.0 Å². The summed E-state index contributed by atoms with van der Waals surface area (Å²) in [4.78, 5) is 19.6. The SMILES string of the molecule is Cc1cc2[nH]c(=O)cc(C)c2cc1NC(O)c1cc(CN2CCOCC2)ccc1N1CCCC1. The number of hydrogen-bond acceptors (Lipinski definition) is 6. The van der Waals surface area contributed by atoms with Crippen LogP contribution in [0.15, 0.2) is 41.2 Å². The maximum absolute atomic E-state index is 11.9. The number of aryl methyl sites for hydroxylation is 2. The van der Waals surface area contributed by atoms with Crippen LogP contribution in [0.25, 0.3) is 10.9 Å². The van der Waals surface area contributed by atoms with Gasteiger partial charge in [0.1, 0.15) is 0 Å². The highest BCUT2D eigenvalue weighted by molar-refractivity contribution is 5.86. The van der Waals surface area contributed by atoms with Crippen molar-refractivity contribution in [1.29, 1.82) is 0 Å². The summed E-state index contributed by atoms with van der Waals surface area (Å²) in [5.41, 5.74) is 6.67. The summed E-state index contributed by atoms with van der Waals surface area (Å²) < 4.78 is 5.49. The lowest BCUT2D eigenvalue weighted by Crippen LogP contribution is -2.35. The lowest BCUT2D eigenvalue weighted by atomic mass is 10.0. The molecular weight excluding hydrogens is 428 g/mol. The quantitative estimate of drug-likeness (QED) is 0.485. The molecule has 0 amide bonds. The van der Waals surface area contributed by atoms with Crippen molar-refractivity contribution in [2.24, 2.45) is 0 Å². The fourth-order valence-electron chi connectivity index (χ4n) is 5.15. The number of aromatic nitrogens is 1. The second kappa shape index (κ2) is 9.78. The van der Waals surface area contributed by atoms with Crippen molar-refractivity contribution in [2.75, 3.05) is 49.6 Å². The van der Waals surface area contributed by atoms with E-state index in [0.717, 1.165) is 84.9 Å². The Labute approximate surface area is 200 Å². The van der Waals surface area contributed by atoms with Crippen LogP contribution in [0.3, 0.4) is 0 Å². The van der Waals surface area contributed by atoms with Crippen molar-refractivity contribution in [3.63, 3.8) is 0 Å². The Kier molecular flexibility index (Phi) is 6.59. The number of benzene rings is 2. The fourth-order valence-corrected chi connectivity index (χ4v) is 5.15. The van der Waals surface area contributed by atoms with Crippen molar-refractivity contribution < 1.29 is 9.84 Å². The molecule has 1 unspecified atom stereocenters. The number of aliphatic hydroxyl groups is 1. The van der Waals surface area contributed by atoms with Gasteiger partial charge in [-0.2, -0.15) is 0 Å².